The van der Waals surface area contributed by atoms with Gasteiger partial charge < -0.3 is 9.80 Å². The van der Waals surface area contributed by atoms with Crippen LogP contribution in [-0.4, -0.2) is 0 Å². The number of hydrogen-bond donors (Lipinski definition) is 0. The Bertz CT molecular complexity index is 2270. The molecule has 0 aromatic heterocycles. The Kier molecular flexibility index (Phi) is 7.84. The summed E-state index contributed by atoms with van der Waals surface area (Å²) in [5.41, 5.74) is 8.16. The molecule has 0 fully saturated rings. The van der Waals surface area contributed by atoms with Crippen LogP contribution >= 0.6 is 0 Å². The van der Waals surface area contributed by atoms with Crippen molar-refractivity contribution in [1.29, 1.82) is 0 Å². The van der Waals surface area contributed by atoms with E-state index in [2.05, 4.69) is 200 Å². The largest absolute Gasteiger partial charge is 0.310 e. The van der Waals surface area contributed by atoms with Crippen LogP contribution in [0.3, 0.4) is 0 Å². The van der Waals surface area contributed by atoms with Gasteiger partial charge in [-0.3, -0.25) is 0 Å². The zero-order chi connectivity index (χ0) is 32.5. The molecule has 48 heavy (non-hydrogen) atoms. The van der Waals surface area contributed by atoms with Gasteiger partial charge in [0.25, 0.3) is 0 Å². The third-order valence-electron chi connectivity index (χ3n) is 9.69. The molecule has 0 saturated heterocycles. The molecule has 0 spiro atoms. The topological polar surface area (TPSA) is 6.48 Å². The van der Waals surface area contributed by atoms with E-state index in [0.29, 0.717) is 5.92 Å². The van der Waals surface area contributed by atoms with Gasteiger partial charge in [-0.2, -0.15) is 0 Å². The van der Waals surface area contributed by atoms with Gasteiger partial charge in [0.2, 0.25) is 0 Å². The molecule has 8 aromatic rings. The van der Waals surface area contributed by atoms with Crippen LogP contribution in [0.5, 0.6) is 0 Å². The highest BCUT2D eigenvalue weighted by atomic mass is 15.2. The summed E-state index contributed by atoms with van der Waals surface area (Å²) in [4.78, 5) is 4.76. The monoisotopic (exact) mass is 618 g/mol. The number of fused-ring (bicyclic) bond motifs is 3. The first kappa shape index (κ1) is 29.5. The first-order chi connectivity index (χ1) is 23.7. The highest BCUT2D eigenvalue weighted by molar-refractivity contribution is 5.99. The smallest absolute Gasteiger partial charge is 0.0540 e. The molecule has 8 aromatic carbocycles. The van der Waals surface area contributed by atoms with Crippen molar-refractivity contribution in [3.05, 3.63) is 181 Å². The van der Waals surface area contributed by atoms with Gasteiger partial charge in [0.15, 0.2) is 0 Å². The van der Waals surface area contributed by atoms with Crippen molar-refractivity contribution in [2.45, 2.75) is 26.2 Å². The highest BCUT2D eigenvalue weighted by Gasteiger charge is 2.18. The van der Waals surface area contributed by atoms with Gasteiger partial charge in [-0.05, 0) is 112 Å². The number of nitrogens with zero attached hydrogens (tertiary/aromatic N) is 2. The molecule has 2 heteroatoms. The van der Waals surface area contributed by atoms with Crippen LogP contribution in [-0.2, 0) is 0 Å². The Morgan fingerprint density at radius 3 is 1.40 bits per heavy atom. The van der Waals surface area contributed by atoms with Crippen LogP contribution in [0.2, 0.25) is 0 Å². The minimum absolute atomic E-state index is 0.528. The third kappa shape index (κ3) is 5.56. The fourth-order valence-electron chi connectivity index (χ4n) is 6.85. The average Bonchev–Trinajstić information content (AvgIpc) is 3.15. The Hall–Kier alpha value is -5.86. The predicted octanol–water partition coefficient (Wildman–Crippen LogP) is 13.6. The van der Waals surface area contributed by atoms with E-state index in [9.17, 15) is 0 Å². The quantitative estimate of drug-likeness (QED) is 0.167. The lowest BCUT2D eigenvalue weighted by atomic mass is 9.98. The second-order valence-electron chi connectivity index (χ2n) is 12.6. The average molecular weight is 619 g/mol. The Balaban J connectivity index is 1.26. The molecule has 1 atom stereocenters. The first-order valence-electron chi connectivity index (χ1n) is 16.9. The van der Waals surface area contributed by atoms with Gasteiger partial charge in [0, 0.05) is 33.8 Å². The van der Waals surface area contributed by atoms with Crippen molar-refractivity contribution in [3.63, 3.8) is 0 Å². The summed E-state index contributed by atoms with van der Waals surface area (Å²) in [6.45, 7) is 4.55. The molecule has 2 nitrogen and oxygen atoms in total. The summed E-state index contributed by atoms with van der Waals surface area (Å²) in [5, 5.41) is 7.37. The summed E-state index contributed by atoms with van der Waals surface area (Å²) in [6, 6.07) is 64.0. The van der Waals surface area contributed by atoms with Gasteiger partial charge in [-0.25, -0.2) is 0 Å². The highest BCUT2D eigenvalue weighted by Crippen LogP contribution is 2.42. The summed E-state index contributed by atoms with van der Waals surface area (Å²) < 4.78 is 0. The van der Waals surface area contributed by atoms with E-state index in [1.54, 1.807) is 0 Å². The van der Waals surface area contributed by atoms with Gasteiger partial charge >= 0.3 is 0 Å². The molecule has 0 radical (unpaired) electrons. The molecule has 0 amide bonds. The van der Waals surface area contributed by atoms with Crippen molar-refractivity contribution in [3.8, 4) is 0 Å². The van der Waals surface area contributed by atoms with E-state index in [-0.39, 0.29) is 0 Å². The van der Waals surface area contributed by atoms with Crippen molar-refractivity contribution in [1.82, 2.24) is 0 Å². The molecule has 0 heterocycles. The van der Waals surface area contributed by atoms with Crippen LogP contribution in [0.25, 0.3) is 32.3 Å². The SMILES string of the molecule is CCC(C)c1ccc(N(c2ccc(N(c3ccc4ccccc4c3)c3ccc4ccccc4c3)cc2)c2cccc3ccccc23)cc1. The Morgan fingerprint density at radius 1 is 0.396 bits per heavy atom. The zero-order valence-electron chi connectivity index (χ0n) is 27.4. The minimum atomic E-state index is 0.528. The maximum absolute atomic E-state index is 2.39. The first-order valence-corrected chi connectivity index (χ1v) is 16.9. The van der Waals surface area contributed by atoms with E-state index >= 15 is 0 Å². The summed E-state index contributed by atoms with van der Waals surface area (Å²) in [5.74, 6) is 0.528. The van der Waals surface area contributed by atoms with Crippen LogP contribution in [0.1, 0.15) is 31.7 Å². The fourth-order valence-corrected chi connectivity index (χ4v) is 6.85. The Labute approximate surface area is 283 Å². The molecule has 0 saturated carbocycles. The second-order valence-corrected chi connectivity index (χ2v) is 12.6. The predicted molar refractivity (Wildman–Crippen MR) is 207 cm³/mol. The van der Waals surface area contributed by atoms with E-state index in [1.165, 1.54) is 37.9 Å². The van der Waals surface area contributed by atoms with Crippen molar-refractivity contribution in [2.75, 3.05) is 9.80 Å². The molecule has 0 bridgehead atoms. The van der Waals surface area contributed by atoms with Gasteiger partial charge in [-0.1, -0.05) is 123 Å². The summed E-state index contributed by atoms with van der Waals surface area (Å²) >= 11 is 0. The molecule has 1 unspecified atom stereocenters. The molecule has 0 N–H and O–H groups in total. The van der Waals surface area contributed by atoms with Crippen molar-refractivity contribution < 1.29 is 0 Å². The van der Waals surface area contributed by atoms with E-state index in [0.717, 1.165) is 40.5 Å². The van der Waals surface area contributed by atoms with Gasteiger partial charge in [0.05, 0.1) is 5.69 Å². The maximum atomic E-state index is 2.39. The van der Waals surface area contributed by atoms with E-state index in [1.807, 2.05) is 0 Å². The van der Waals surface area contributed by atoms with Crippen molar-refractivity contribution >= 4 is 66.4 Å². The molecule has 232 valence electrons. The normalized spacial score (nSPS) is 12.0. The van der Waals surface area contributed by atoms with Gasteiger partial charge in [-0.15, -0.1) is 0 Å². The third-order valence-corrected chi connectivity index (χ3v) is 9.69. The second kappa shape index (κ2) is 12.7. The summed E-state index contributed by atoms with van der Waals surface area (Å²) in [7, 11) is 0. The zero-order valence-corrected chi connectivity index (χ0v) is 27.4. The molecule has 0 aliphatic heterocycles. The van der Waals surface area contributed by atoms with Crippen LogP contribution in [0.15, 0.2) is 176 Å². The number of hydrogen-bond acceptors (Lipinski definition) is 2. The Morgan fingerprint density at radius 2 is 0.833 bits per heavy atom. The van der Waals surface area contributed by atoms with Crippen LogP contribution in [0, 0.1) is 0 Å². The molecule has 0 aliphatic rings. The summed E-state index contributed by atoms with van der Waals surface area (Å²) in [6.07, 6.45) is 1.12. The van der Waals surface area contributed by atoms with E-state index < -0.39 is 0 Å². The van der Waals surface area contributed by atoms with Crippen LogP contribution < -0.4 is 9.80 Å². The number of benzene rings is 8. The molecular weight excluding hydrogens is 581 g/mol. The fraction of sp³-hybridized carbons (Fsp3) is 0.0870. The molecule has 0 aliphatic carbocycles. The maximum Gasteiger partial charge on any atom is 0.0540 e. The van der Waals surface area contributed by atoms with Crippen molar-refractivity contribution in [2.24, 2.45) is 0 Å². The van der Waals surface area contributed by atoms with E-state index in [4.69, 9.17) is 0 Å². The minimum Gasteiger partial charge on any atom is -0.310 e. The standard InChI is InChI=1S/C46H38N2/c1-3-33(2)34-19-23-41(24-20-34)48(46-18-10-16-37-13-8-9-17-45(37)46)42-29-27-40(28-30-42)47(43-25-21-35-11-4-6-14-38(35)31-43)44-26-22-36-12-5-7-15-39(36)32-44/h4-33H,3H2,1-2H3. The molecular formula is C46H38N2. The lowest BCUT2D eigenvalue weighted by molar-refractivity contribution is 0.733. The van der Waals surface area contributed by atoms with Crippen LogP contribution in [0.4, 0.5) is 34.1 Å². The lowest BCUT2D eigenvalue weighted by Gasteiger charge is -2.29. The van der Waals surface area contributed by atoms with Gasteiger partial charge in [0.1, 0.15) is 0 Å². The molecule has 8 rings (SSSR count). The number of anilines is 6. The number of rotatable bonds is 8. The lowest BCUT2D eigenvalue weighted by Crippen LogP contribution is -2.12.